The molecule has 0 spiro atoms. The lowest BCUT2D eigenvalue weighted by molar-refractivity contribution is 0.382. The van der Waals surface area contributed by atoms with Gasteiger partial charge in [-0.3, -0.25) is 5.84 Å². The van der Waals surface area contributed by atoms with Crippen molar-refractivity contribution in [3.63, 3.8) is 0 Å². The number of halogens is 2. The summed E-state index contributed by atoms with van der Waals surface area (Å²) in [6.45, 7) is 1.90. The number of hydrazine groups is 1. The predicted molar refractivity (Wildman–Crippen MR) is 76.2 cm³/mol. The fraction of sp³-hybridized carbons (Fsp3) is 0.231. The van der Waals surface area contributed by atoms with Crippen LogP contribution < -0.4 is 16.0 Å². The van der Waals surface area contributed by atoms with E-state index in [1.165, 1.54) is 18.4 Å². The molecular formula is C13H14ClFN2OS. The molecule has 1 aromatic carbocycles. The van der Waals surface area contributed by atoms with Crippen molar-refractivity contribution in [1.29, 1.82) is 0 Å². The summed E-state index contributed by atoms with van der Waals surface area (Å²) in [5.74, 6) is 5.31. The third-order valence-corrected chi connectivity index (χ3v) is 4.66. The van der Waals surface area contributed by atoms with E-state index in [1.807, 2.05) is 12.3 Å². The third kappa shape index (κ3) is 2.60. The second-order valence-electron chi connectivity index (χ2n) is 4.06. The Bertz CT molecular complexity index is 588. The molecule has 0 aliphatic heterocycles. The van der Waals surface area contributed by atoms with Gasteiger partial charge in [0.2, 0.25) is 0 Å². The Morgan fingerprint density at radius 2 is 2.21 bits per heavy atom. The number of aryl methyl sites for hydroxylation is 1. The van der Waals surface area contributed by atoms with Crippen molar-refractivity contribution in [3.8, 4) is 5.75 Å². The van der Waals surface area contributed by atoms with Gasteiger partial charge in [0.25, 0.3) is 0 Å². The van der Waals surface area contributed by atoms with E-state index in [0.29, 0.717) is 10.6 Å². The molecule has 3 nitrogen and oxygen atoms in total. The lowest BCUT2D eigenvalue weighted by Gasteiger charge is -2.17. The van der Waals surface area contributed by atoms with Gasteiger partial charge in [0.1, 0.15) is 0 Å². The van der Waals surface area contributed by atoms with Gasteiger partial charge in [0.15, 0.2) is 11.6 Å². The number of methoxy groups -OCH3 is 1. The number of nitrogens with one attached hydrogen (secondary N) is 1. The highest BCUT2D eigenvalue weighted by Gasteiger charge is 2.23. The Kier molecular flexibility index (Phi) is 4.42. The number of ether oxygens (including phenoxy) is 1. The molecule has 1 aromatic heterocycles. The first-order valence-electron chi connectivity index (χ1n) is 5.62. The summed E-state index contributed by atoms with van der Waals surface area (Å²) in [5.41, 5.74) is 3.97. The van der Waals surface area contributed by atoms with Crippen LogP contribution in [0.25, 0.3) is 0 Å². The first-order valence-corrected chi connectivity index (χ1v) is 6.88. The van der Waals surface area contributed by atoms with E-state index in [2.05, 4.69) is 5.43 Å². The molecule has 1 atom stereocenters. The van der Waals surface area contributed by atoms with Crippen LogP contribution in [0, 0.1) is 12.7 Å². The Morgan fingerprint density at radius 3 is 2.74 bits per heavy atom. The van der Waals surface area contributed by atoms with Crippen molar-refractivity contribution in [1.82, 2.24) is 5.43 Å². The lowest BCUT2D eigenvalue weighted by atomic mass is 10.0. The molecule has 102 valence electrons. The number of hydrogen-bond donors (Lipinski definition) is 2. The average molecular weight is 301 g/mol. The van der Waals surface area contributed by atoms with Gasteiger partial charge in [-0.05, 0) is 23.9 Å². The van der Waals surface area contributed by atoms with Crippen LogP contribution in [0.4, 0.5) is 4.39 Å². The second-order valence-corrected chi connectivity index (χ2v) is 5.35. The maximum atomic E-state index is 14.3. The van der Waals surface area contributed by atoms with Gasteiger partial charge in [-0.2, -0.15) is 0 Å². The summed E-state index contributed by atoms with van der Waals surface area (Å²) in [4.78, 5) is 0.786. The Labute approximate surface area is 120 Å². The smallest absolute Gasteiger partial charge is 0.170 e. The molecule has 0 fully saturated rings. The van der Waals surface area contributed by atoms with Crippen LogP contribution in [-0.4, -0.2) is 7.11 Å². The second kappa shape index (κ2) is 5.88. The quantitative estimate of drug-likeness (QED) is 0.672. The normalized spacial score (nSPS) is 12.5. The fourth-order valence-electron chi connectivity index (χ4n) is 1.86. The highest BCUT2D eigenvalue weighted by molar-refractivity contribution is 7.10. The van der Waals surface area contributed by atoms with Gasteiger partial charge in [-0.1, -0.05) is 23.7 Å². The van der Waals surface area contributed by atoms with Crippen LogP contribution in [0.2, 0.25) is 5.02 Å². The zero-order chi connectivity index (χ0) is 14.0. The van der Waals surface area contributed by atoms with Gasteiger partial charge in [0.05, 0.1) is 18.2 Å². The van der Waals surface area contributed by atoms with Crippen molar-refractivity contribution < 1.29 is 9.13 Å². The maximum Gasteiger partial charge on any atom is 0.170 e. The summed E-state index contributed by atoms with van der Waals surface area (Å²) >= 11 is 7.66. The summed E-state index contributed by atoms with van der Waals surface area (Å²) < 4.78 is 19.3. The summed E-state index contributed by atoms with van der Waals surface area (Å²) in [5, 5.41) is 2.52. The van der Waals surface area contributed by atoms with Gasteiger partial charge < -0.3 is 4.74 Å². The topological polar surface area (TPSA) is 47.3 Å². The standard InChI is InChI=1S/C13H14ClFN2OS/c1-7-6-19-13(10(7)14)12(17-16)8-4-3-5-9(18-2)11(8)15/h3-6,12,17H,16H2,1-2H3. The van der Waals surface area contributed by atoms with E-state index in [0.717, 1.165) is 10.4 Å². The van der Waals surface area contributed by atoms with E-state index in [1.54, 1.807) is 18.2 Å². The zero-order valence-corrected chi connectivity index (χ0v) is 12.1. The van der Waals surface area contributed by atoms with Crippen molar-refractivity contribution in [3.05, 3.63) is 50.4 Å². The molecule has 2 aromatic rings. The molecule has 0 amide bonds. The molecule has 0 aliphatic carbocycles. The van der Waals surface area contributed by atoms with Gasteiger partial charge in [-0.25, -0.2) is 9.82 Å². The van der Waals surface area contributed by atoms with Crippen molar-refractivity contribution in [2.75, 3.05) is 7.11 Å². The Balaban J connectivity index is 2.51. The third-order valence-electron chi connectivity index (χ3n) is 2.88. The molecule has 0 aliphatic rings. The molecule has 19 heavy (non-hydrogen) atoms. The molecule has 0 bridgehead atoms. The Morgan fingerprint density at radius 1 is 1.47 bits per heavy atom. The van der Waals surface area contributed by atoms with Gasteiger partial charge in [-0.15, -0.1) is 11.3 Å². The van der Waals surface area contributed by atoms with E-state index >= 15 is 0 Å². The number of thiophene rings is 1. The van der Waals surface area contributed by atoms with Crippen molar-refractivity contribution in [2.24, 2.45) is 5.84 Å². The first kappa shape index (κ1) is 14.3. The molecule has 0 saturated heterocycles. The summed E-state index contributed by atoms with van der Waals surface area (Å²) in [7, 11) is 1.43. The van der Waals surface area contributed by atoms with Crippen molar-refractivity contribution in [2.45, 2.75) is 13.0 Å². The van der Waals surface area contributed by atoms with Crippen LogP contribution in [0.15, 0.2) is 23.6 Å². The van der Waals surface area contributed by atoms with Crippen LogP contribution in [-0.2, 0) is 0 Å². The fourth-order valence-corrected chi connectivity index (χ4v) is 3.24. The predicted octanol–water partition coefficient (Wildman–Crippen LogP) is 3.41. The number of benzene rings is 1. The minimum absolute atomic E-state index is 0.183. The highest BCUT2D eigenvalue weighted by Crippen LogP contribution is 2.37. The molecule has 1 heterocycles. The van der Waals surface area contributed by atoms with E-state index in [-0.39, 0.29) is 5.75 Å². The molecule has 0 radical (unpaired) electrons. The summed E-state index contributed by atoms with van der Waals surface area (Å²) in [6, 6.07) is 4.44. The van der Waals surface area contributed by atoms with Crippen LogP contribution in [0.3, 0.4) is 0 Å². The molecule has 6 heteroatoms. The maximum absolute atomic E-state index is 14.3. The number of nitrogens with two attached hydrogens (primary N) is 1. The van der Waals surface area contributed by atoms with E-state index in [9.17, 15) is 4.39 Å². The van der Waals surface area contributed by atoms with Crippen LogP contribution in [0.1, 0.15) is 22.0 Å². The SMILES string of the molecule is COc1cccc(C(NN)c2scc(C)c2Cl)c1F. The Hall–Kier alpha value is -1.14. The minimum atomic E-state index is -0.499. The molecular weight excluding hydrogens is 287 g/mol. The van der Waals surface area contributed by atoms with Crippen LogP contribution in [0.5, 0.6) is 5.75 Å². The molecule has 3 N–H and O–H groups in total. The lowest BCUT2D eigenvalue weighted by Crippen LogP contribution is -2.29. The van der Waals surface area contributed by atoms with Crippen molar-refractivity contribution >= 4 is 22.9 Å². The van der Waals surface area contributed by atoms with Gasteiger partial charge in [0, 0.05) is 10.4 Å². The van der Waals surface area contributed by atoms with Crippen LogP contribution >= 0.6 is 22.9 Å². The van der Waals surface area contributed by atoms with E-state index in [4.69, 9.17) is 22.2 Å². The number of rotatable bonds is 4. The zero-order valence-electron chi connectivity index (χ0n) is 10.5. The molecule has 1 unspecified atom stereocenters. The molecule has 2 rings (SSSR count). The largest absolute Gasteiger partial charge is 0.494 e. The minimum Gasteiger partial charge on any atom is -0.494 e. The monoisotopic (exact) mass is 300 g/mol. The molecule has 0 saturated carbocycles. The number of hydrogen-bond acceptors (Lipinski definition) is 4. The highest BCUT2D eigenvalue weighted by atomic mass is 35.5. The average Bonchev–Trinajstić information content (AvgIpc) is 2.74. The summed E-state index contributed by atoms with van der Waals surface area (Å²) in [6.07, 6.45) is 0. The van der Waals surface area contributed by atoms with E-state index < -0.39 is 11.9 Å². The first-order chi connectivity index (χ1) is 9.10. The van der Waals surface area contributed by atoms with Gasteiger partial charge >= 0.3 is 0 Å².